The topological polar surface area (TPSA) is 132 Å². The molecule has 0 aliphatic heterocycles. The summed E-state index contributed by atoms with van der Waals surface area (Å²) in [6.45, 7) is 0. The molecule has 0 bridgehead atoms. The minimum absolute atomic E-state index is 0.191. The quantitative estimate of drug-likeness (QED) is 0.601. The molecule has 1 aromatic heterocycles. The van der Waals surface area contributed by atoms with Crippen molar-refractivity contribution in [2.75, 3.05) is 4.72 Å². The highest BCUT2D eigenvalue weighted by atomic mass is 35.5. The fourth-order valence-corrected chi connectivity index (χ4v) is 2.63. The molecule has 1 heterocycles. The molecule has 2 aromatic rings. The second-order valence-electron chi connectivity index (χ2n) is 3.70. The summed E-state index contributed by atoms with van der Waals surface area (Å²) in [6.07, 6.45) is 0.755. The van der Waals surface area contributed by atoms with Crippen LogP contribution in [-0.2, 0) is 10.0 Å². The van der Waals surface area contributed by atoms with Gasteiger partial charge in [0.25, 0.3) is 15.6 Å². The highest BCUT2D eigenvalue weighted by molar-refractivity contribution is 7.92. The van der Waals surface area contributed by atoms with Crippen molar-refractivity contribution in [1.82, 2.24) is 9.97 Å². The van der Waals surface area contributed by atoms with E-state index in [9.17, 15) is 23.1 Å². The first-order valence-electron chi connectivity index (χ1n) is 5.13. The molecule has 0 saturated heterocycles. The van der Waals surface area contributed by atoms with Crippen molar-refractivity contribution in [1.29, 1.82) is 0 Å². The van der Waals surface area contributed by atoms with Crippen molar-refractivity contribution >= 4 is 27.3 Å². The van der Waals surface area contributed by atoms with Crippen LogP contribution in [-0.4, -0.2) is 23.5 Å². The molecule has 10 heteroatoms. The monoisotopic (exact) mass is 317 g/mol. The van der Waals surface area contributed by atoms with E-state index in [1.165, 1.54) is 18.2 Å². The maximum atomic E-state index is 12.0. The Kier molecular flexibility index (Phi) is 3.55. The van der Waals surface area contributed by atoms with Crippen molar-refractivity contribution < 1.29 is 13.5 Å². The number of phenolic OH excluding ortho intramolecular Hbond substituents is 1. The number of aromatic amines is 2. The molecule has 0 unspecified atom stereocenters. The minimum atomic E-state index is -4.28. The molecule has 0 atom stereocenters. The average Bonchev–Trinajstić information content (AvgIpc) is 2.33. The highest BCUT2D eigenvalue weighted by Crippen LogP contribution is 2.28. The van der Waals surface area contributed by atoms with Crippen LogP contribution in [0.2, 0.25) is 5.02 Å². The summed E-state index contributed by atoms with van der Waals surface area (Å²) < 4.78 is 26.0. The molecule has 0 amide bonds. The fraction of sp³-hybridized carbons (Fsp3) is 0. The van der Waals surface area contributed by atoms with Crippen LogP contribution in [0, 0.1) is 0 Å². The van der Waals surface area contributed by atoms with Crippen LogP contribution in [0.25, 0.3) is 0 Å². The third-order valence-corrected chi connectivity index (χ3v) is 3.88. The van der Waals surface area contributed by atoms with Crippen LogP contribution in [0.15, 0.2) is 38.9 Å². The van der Waals surface area contributed by atoms with Gasteiger partial charge in [0.2, 0.25) is 0 Å². The Morgan fingerprint density at radius 3 is 2.60 bits per heavy atom. The lowest BCUT2D eigenvalue weighted by Gasteiger charge is -2.09. The average molecular weight is 318 g/mol. The van der Waals surface area contributed by atoms with E-state index in [2.05, 4.69) is 0 Å². The number of hydrogen-bond acceptors (Lipinski definition) is 5. The Morgan fingerprint density at radius 1 is 1.25 bits per heavy atom. The van der Waals surface area contributed by atoms with E-state index in [0.717, 1.165) is 6.20 Å². The number of rotatable bonds is 3. The zero-order valence-electron chi connectivity index (χ0n) is 9.68. The van der Waals surface area contributed by atoms with Crippen LogP contribution in [0.5, 0.6) is 5.75 Å². The van der Waals surface area contributed by atoms with Gasteiger partial charge in [0.15, 0.2) is 4.90 Å². The van der Waals surface area contributed by atoms with E-state index in [4.69, 9.17) is 11.6 Å². The maximum Gasteiger partial charge on any atom is 0.325 e. The number of sulfonamides is 1. The van der Waals surface area contributed by atoms with Gasteiger partial charge in [0.1, 0.15) is 5.75 Å². The number of phenols is 1. The first-order chi connectivity index (χ1) is 9.29. The lowest BCUT2D eigenvalue weighted by Crippen LogP contribution is -2.29. The summed E-state index contributed by atoms with van der Waals surface area (Å²) in [4.78, 5) is 25.4. The molecule has 0 saturated carbocycles. The van der Waals surface area contributed by atoms with Crippen molar-refractivity contribution in [2.24, 2.45) is 0 Å². The number of H-pyrrole nitrogens is 2. The second-order valence-corrected chi connectivity index (χ2v) is 5.79. The number of hydrogen-bond donors (Lipinski definition) is 4. The number of nitrogens with one attached hydrogen (secondary N) is 3. The Hall–Kier alpha value is -2.26. The van der Waals surface area contributed by atoms with Crippen LogP contribution >= 0.6 is 11.6 Å². The van der Waals surface area contributed by atoms with Gasteiger partial charge in [-0.15, -0.1) is 0 Å². The SMILES string of the molecule is O=c1[nH]cc(S(=O)(=O)Nc2cc(Cl)ccc2O)c(=O)[nH]1. The number of halogens is 1. The summed E-state index contributed by atoms with van der Waals surface area (Å²) in [5.41, 5.74) is -2.11. The number of aromatic hydroxyl groups is 1. The molecule has 106 valence electrons. The molecule has 1 aromatic carbocycles. The Morgan fingerprint density at radius 2 is 1.95 bits per heavy atom. The zero-order valence-corrected chi connectivity index (χ0v) is 11.2. The lowest BCUT2D eigenvalue weighted by atomic mass is 10.3. The van der Waals surface area contributed by atoms with E-state index in [0.29, 0.717) is 0 Å². The standard InChI is InChI=1S/C10H8ClN3O5S/c11-5-1-2-7(15)6(3-5)14-20(18,19)8-4-12-10(17)13-9(8)16/h1-4,14-15H,(H2,12,13,16,17). The van der Waals surface area contributed by atoms with Gasteiger partial charge in [-0.05, 0) is 18.2 Å². The summed E-state index contributed by atoms with van der Waals surface area (Å²) >= 11 is 5.68. The molecule has 4 N–H and O–H groups in total. The molecule has 0 radical (unpaired) electrons. The normalized spacial score (nSPS) is 11.2. The Balaban J connectivity index is 2.49. The summed E-state index contributed by atoms with van der Waals surface area (Å²) in [5, 5.41) is 9.72. The van der Waals surface area contributed by atoms with E-state index in [1.807, 2.05) is 9.71 Å². The molecule has 8 nitrogen and oxygen atoms in total. The highest BCUT2D eigenvalue weighted by Gasteiger charge is 2.20. The van der Waals surface area contributed by atoms with Crippen LogP contribution in [0.3, 0.4) is 0 Å². The molecule has 2 rings (SSSR count). The molecule has 0 fully saturated rings. The van der Waals surface area contributed by atoms with E-state index in [-0.39, 0.29) is 16.5 Å². The Labute approximate surface area is 117 Å². The fourth-order valence-electron chi connectivity index (χ4n) is 1.39. The molecular formula is C10H8ClN3O5S. The second kappa shape index (κ2) is 5.02. The summed E-state index contributed by atoms with van der Waals surface area (Å²) in [5.74, 6) is -0.362. The first kappa shape index (κ1) is 14.2. The van der Waals surface area contributed by atoms with Gasteiger partial charge in [-0.3, -0.25) is 14.5 Å². The van der Waals surface area contributed by atoms with Gasteiger partial charge in [-0.2, -0.15) is 0 Å². The number of benzene rings is 1. The van der Waals surface area contributed by atoms with Crippen molar-refractivity contribution in [3.63, 3.8) is 0 Å². The van der Waals surface area contributed by atoms with Crippen LogP contribution in [0.1, 0.15) is 0 Å². The minimum Gasteiger partial charge on any atom is -0.506 e. The van der Waals surface area contributed by atoms with Gasteiger partial charge >= 0.3 is 5.69 Å². The van der Waals surface area contributed by atoms with Crippen LogP contribution < -0.4 is 16.0 Å². The number of anilines is 1. The van der Waals surface area contributed by atoms with Crippen molar-refractivity contribution in [3.8, 4) is 5.75 Å². The van der Waals surface area contributed by atoms with E-state index >= 15 is 0 Å². The molecule has 0 spiro atoms. The zero-order chi connectivity index (χ0) is 14.9. The maximum absolute atomic E-state index is 12.0. The van der Waals surface area contributed by atoms with Gasteiger partial charge in [0.05, 0.1) is 5.69 Å². The smallest absolute Gasteiger partial charge is 0.325 e. The van der Waals surface area contributed by atoms with Crippen LogP contribution in [0.4, 0.5) is 5.69 Å². The van der Waals surface area contributed by atoms with Gasteiger partial charge < -0.3 is 10.1 Å². The lowest BCUT2D eigenvalue weighted by molar-refractivity contribution is 0.477. The predicted octanol–water partition coefficient (Wildman–Crippen LogP) is 0.223. The molecule has 20 heavy (non-hydrogen) atoms. The third kappa shape index (κ3) is 2.83. The summed E-state index contributed by atoms with van der Waals surface area (Å²) in [7, 11) is -4.28. The molecule has 0 aliphatic rings. The van der Waals surface area contributed by atoms with Crippen molar-refractivity contribution in [3.05, 3.63) is 50.3 Å². The van der Waals surface area contributed by atoms with E-state index < -0.39 is 26.2 Å². The number of aromatic nitrogens is 2. The molecule has 0 aliphatic carbocycles. The van der Waals surface area contributed by atoms with Crippen molar-refractivity contribution in [2.45, 2.75) is 4.90 Å². The largest absolute Gasteiger partial charge is 0.506 e. The van der Waals surface area contributed by atoms with Gasteiger partial charge in [-0.1, -0.05) is 11.6 Å². The third-order valence-electron chi connectivity index (χ3n) is 2.28. The Bertz CT molecular complexity index is 871. The predicted molar refractivity (Wildman–Crippen MR) is 71.6 cm³/mol. The first-order valence-corrected chi connectivity index (χ1v) is 6.99. The van der Waals surface area contributed by atoms with Gasteiger partial charge in [-0.25, -0.2) is 13.2 Å². The summed E-state index contributed by atoms with van der Waals surface area (Å²) in [6, 6.07) is 3.73. The van der Waals surface area contributed by atoms with E-state index in [1.54, 1.807) is 4.98 Å². The van der Waals surface area contributed by atoms with Gasteiger partial charge in [0, 0.05) is 11.2 Å². The molecular weight excluding hydrogens is 310 g/mol.